The molecule has 0 fully saturated rings. The van der Waals surface area contributed by atoms with Crippen LogP contribution in [0, 0.1) is 0 Å². The van der Waals surface area contributed by atoms with Gasteiger partial charge in [0.2, 0.25) is 0 Å². The lowest BCUT2D eigenvalue weighted by Crippen LogP contribution is -2.31. The number of nitrogens with two attached hydrogens (primary N) is 1. The second-order valence-corrected chi connectivity index (χ2v) is 7.79. The largest absolute Gasteiger partial charge is 0.399 e. The van der Waals surface area contributed by atoms with Crippen molar-refractivity contribution in [3.05, 3.63) is 29.8 Å². The van der Waals surface area contributed by atoms with E-state index in [4.69, 9.17) is 5.73 Å². The van der Waals surface area contributed by atoms with Crippen molar-refractivity contribution >= 4 is 15.5 Å². The zero-order valence-corrected chi connectivity index (χ0v) is 10.8. The monoisotopic (exact) mass is 241 g/mol. The van der Waals surface area contributed by atoms with E-state index < -0.39 is 14.6 Å². The number of benzene rings is 1. The van der Waals surface area contributed by atoms with Crippen LogP contribution >= 0.6 is 0 Å². The second kappa shape index (κ2) is 4.45. The molecule has 0 bridgehead atoms. The lowest BCUT2D eigenvalue weighted by atomic mass is 10.2. The molecule has 0 spiro atoms. The molecule has 16 heavy (non-hydrogen) atoms. The van der Waals surface area contributed by atoms with Gasteiger partial charge >= 0.3 is 0 Å². The van der Waals surface area contributed by atoms with Gasteiger partial charge in [0, 0.05) is 5.69 Å². The minimum Gasteiger partial charge on any atom is -0.399 e. The molecule has 1 rings (SSSR count). The predicted octanol–water partition coefficient (Wildman–Crippen LogP) is 2.02. The molecule has 0 heterocycles. The fraction of sp³-hybridized carbons (Fsp3) is 0.500. The van der Waals surface area contributed by atoms with E-state index in [1.165, 1.54) is 0 Å². The van der Waals surface area contributed by atoms with Crippen LogP contribution in [-0.4, -0.2) is 18.9 Å². The van der Waals surface area contributed by atoms with Gasteiger partial charge in [-0.1, -0.05) is 12.1 Å². The van der Waals surface area contributed by atoms with E-state index in [2.05, 4.69) is 0 Å². The van der Waals surface area contributed by atoms with Gasteiger partial charge in [-0.05, 0) is 44.9 Å². The Balaban J connectivity index is 2.69. The molecule has 1 aromatic rings. The van der Waals surface area contributed by atoms with Crippen LogP contribution in [-0.2, 0) is 16.3 Å². The Hall–Kier alpha value is -1.03. The molecule has 1 aromatic carbocycles. The van der Waals surface area contributed by atoms with E-state index in [1.807, 2.05) is 12.1 Å². The highest BCUT2D eigenvalue weighted by molar-refractivity contribution is 7.92. The Kier molecular flexibility index (Phi) is 3.63. The second-order valence-electron chi connectivity index (χ2n) is 4.92. The molecule has 0 atom stereocenters. The van der Waals surface area contributed by atoms with E-state index in [-0.39, 0.29) is 5.75 Å². The van der Waals surface area contributed by atoms with Gasteiger partial charge in [-0.2, -0.15) is 0 Å². The standard InChI is InChI=1S/C12H19NO2S/c1-12(2,3)16(14,15)9-8-10-4-6-11(13)7-5-10/h4-7H,8-9,13H2,1-3H3. The molecule has 4 heteroatoms. The highest BCUT2D eigenvalue weighted by Gasteiger charge is 2.28. The lowest BCUT2D eigenvalue weighted by Gasteiger charge is -2.18. The summed E-state index contributed by atoms with van der Waals surface area (Å²) >= 11 is 0. The van der Waals surface area contributed by atoms with Crippen LogP contribution in [0.4, 0.5) is 5.69 Å². The fourth-order valence-electron chi connectivity index (χ4n) is 1.24. The SMILES string of the molecule is CC(C)(C)S(=O)(=O)CCc1ccc(N)cc1. The first kappa shape index (κ1) is 13.0. The number of nitrogen functional groups attached to an aromatic ring is 1. The number of sulfone groups is 1. The molecule has 0 amide bonds. The maximum Gasteiger partial charge on any atom is 0.155 e. The van der Waals surface area contributed by atoms with E-state index in [0.29, 0.717) is 12.1 Å². The van der Waals surface area contributed by atoms with Crippen LogP contribution < -0.4 is 5.73 Å². The first-order valence-electron chi connectivity index (χ1n) is 5.29. The Morgan fingerprint density at radius 3 is 2.06 bits per heavy atom. The van der Waals surface area contributed by atoms with Gasteiger partial charge in [-0.15, -0.1) is 0 Å². The van der Waals surface area contributed by atoms with Gasteiger partial charge in [-0.3, -0.25) is 0 Å². The van der Waals surface area contributed by atoms with Crippen molar-refractivity contribution in [3.8, 4) is 0 Å². The zero-order chi connectivity index (χ0) is 12.4. The number of hydrogen-bond acceptors (Lipinski definition) is 3. The summed E-state index contributed by atoms with van der Waals surface area (Å²) in [7, 11) is -3.04. The molecule has 0 aromatic heterocycles. The highest BCUT2D eigenvalue weighted by atomic mass is 32.2. The van der Waals surface area contributed by atoms with Crippen molar-refractivity contribution < 1.29 is 8.42 Å². The molecule has 90 valence electrons. The Labute approximate surface area is 97.6 Å². The Morgan fingerprint density at radius 1 is 1.12 bits per heavy atom. The van der Waals surface area contributed by atoms with E-state index >= 15 is 0 Å². The van der Waals surface area contributed by atoms with Crippen LogP contribution in [0.15, 0.2) is 24.3 Å². The van der Waals surface area contributed by atoms with Gasteiger partial charge in [0.25, 0.3) is 0 Å². The first-order valence-corrected chi connectivity index (χ1v) is 6.94. The summed E-state index contributed by atoms with van der Waals surface area (Å²) in [5.74, 6) is 0.181. The van der Waals surface area contributed by atoms with Crippen LogP contribution in [0.3, 0.4) is 0 Å². The van der Waals surface area contributed by atoms with Crippen LogP contribution in [0.2, 0.25) is 0 Å². The molecule has 0 aliphatic heterocycles. The van der Waals surface area contributed by atoms with Crippen molar-refractivity contribution in [2.45, 2.75) is 31.9 Å². The van der Waals surface area contributed by atoms with Crippen molar-refractivity contribution in [2.24, 2.45) is 0 Å². The predicted molar refractivity (Wildman–Crippen MR) is 68.1 cm³/mol. The van der Waals surface area contributed by atoms with Gasteiger partial charge in [0.1, 0.15) is 0 Å². The molecule has 0 saturated carbocycles. The van der Waals surface area contributed by atoms with Gasteiger partial charge in [0.05, 0.1) is 10.5 Å². The molecular formula is C12H19NO2S. The zero-order valence-electron chi connectivity index (χ0n) is 10.0. The topological polar surface area (TPSA) is 60.2 Å². The molecular weight excluding hydrogens is 222 g/mol. The third-order valence-corrected chi connectivity index (χ3v) is 5.18. The molecule has 0 aliphatic carbocycles. The molecule has 0 radical (unpaired) electrons. The summed E-state index contributed by atoms with van der Waals surface area (Å²) in [6.45, 7) is 5.18. The van der Waals surface area contributed by atoms with Crippen LogP contribution in [0.25, 0.3) is 0 Å². The molecule has 0 aliphatic rings. The normalized spacial score (nSPS) is 12.7. The Morgan fingerprint density at radius 2 is 1.62 bits per heavy atom. The van der Waals surface area contributed by atoms with Crippen LogP contribution in [0.1, 0.15) is 26.3 Å². The van der Waals surface area contributed by atoms with E-state index in [9.17, 15) is 8.42 Å². The third kappa shape index (κ3) is 3.23. The molecule has 3 nitrogen and oxygen atoms in total. The summed E-state index contributed by atoms with van der Waals surface area (Å²) in [6, 6.07) is 7.32. The molecule has 2 N–H and O–H groups in total. The van der Waals surface area contributed by atoms with Gasteiger partial charge in [-0.25, -0.2) is 8.42 Å². The summed E-state index contributed by atoms with van der Waals surface area (Å²) in [4.78, 5) is 0. The molecule has 0 saturated heterocycles. The van der Waals surface area contributed by atoms with Crippen molar-refractivity contribution in [2.75, 3.05) is 11.5 Å². The Bertz CT molecular complexity index is 441. The number of rotatable bonds is 3. The molecule has 0 unspecified atom stereocenters. The average molecular weight is 241 g/mol. The maximum absolute atomic E-state index is 11.9. The van der Waals surface area contributed by atoms with Gasteiger partial charge < -0.3 is 5.73 Å². The maximum atomic E-state index is 11.9. The van der Waals surface area contributed by atoms with E-state index in [0.717, 1.165) is 5.56 Å². The number of anilines is 1. The van der Waals surface area contributed by atoms with Crippen molar-refractivity contribution in [3.63, 3.8) is 0 Å². The summed E-state index contributed by atoms with van der Waals surface area (Å²) in [6.07, 6.45) is 0.542. The van der Waals surface area contributed by atoms with Crippen LogP contribution in [0.5, 0.6) is 0 Å². The number of hydrogen-bond donors (Lipinski definition) is 1. The number of aryl methyl sites for hydroxylation is 1. The van der Waals surface area contributed by atoms with Crippen molar-refractivity contribution in [1.82, 2.24) is 0 Å². The third-order valence-electron chi connectivity index (χ3n) is 2.57. The quantitative estimate of drug-likeness (QED) is 0.824. The smallest absolute Gasteiger partial charge is 0.155 e. The summed E-state index contributed by atoms with van der Waals surface area (Å²) in [5, 5.41) is 0. The summed E-state index contributed by atoms with van der Waals surface area (Å²) < 4.78 is 23.1. The van der Waals surface area contributed by atoms with Gasteiger partial charge in [0.15, 0.2) is 9.84 Å². The van der Waals surface area contributed by atoms with Crippen molar-refractivity contribution in [1.29, 1.82) is 0 Å². The fourth-order valence-corrected chi connectivity index (χ4v) is 2.36. The van der Waals surface area contributed by atoms with E-state index in [1.54, 1.807) is 32.9 Å². The lowest BCUT2D eigenvalue weighted by molar-refractivity contribution is 0.559. The average Bonchev–Trinajstić information content (AvgIpc) is 2.15. The first-order chi connectivity index (χ1) is 7.22. The summed E-state index contributed by atoms with van der Waals surface area (Å²) in [5.41, 5.74) is 7.26. The minimum atomic E-state index is -3.04. The minimum absolute atomic E-state index is 0.181. The highest BCUT2D eigenvalue weighted by Crippen LogP contribution is 2.17.